The van der Waals surface area contributed by atoms with Crippen molar-refractivity contribution in [2.45, 2.75) is 25.4 Å². The van der Waals surface area contributed by atoms with Crippen LogP contribution in [0, 0.1) is 0 Å². The van der Waals surface area contributed by atoms with Crippen molar-refractivity contribution in [1.82, 2.24) is 5.32 Å². The summed E-state index contributed by atoms with van der Waals surface area (Å²) in [5.74, 6) is 0.831. The zero-order valence-electron chi connectivity index (χ0n) is 13.3. The molecule has 1 atom stereocenters. The van der Waals surface area contributed by atoms with Crippen LogP contribution in [-0.4, -0.2) is 24.2 Å². The number of fused-ring (bicyclic) bond motifs is 1. The van der Waals surface area contributed by atoms with E-state index in [-0.39, 0.29) is 12.5 Å². The van der Waals surface area contributed by atoms with Gasteiger partial charge in [0.2, 0.25) is 5.91 Å². The number of aryl methyl sites for hydroxylation is 1. The van der Waals surface area contributed by atoms with Gasteiger partial charge in [-0.05, 0) is 41.3 Å². The number of amides is 1. The Morgan fingerprint density at radius 3 is 2.96 bits per heavy atom. The van der Waals surface area contributed by atoms with Crippen LogP contribution < -0.4 is 10.1 Å². The van der Waals surface area contributed by atoms with E-state index in [4.69, 9.17) is 4.74 Å². The average molecular weight is 390 g/mol. The third-order valence-electron chi connectivity index (χ3n) is 4.17. The third-order valence-corrected chi connectivity index (χ3v) is 4.94. The summed E-state index contributed by atoms with van der Waals surface area (Å²) in [6.45, 7) is 0.912. The molecule has 3 rings (SSSR count). The predicted molar refractivity (Wildman–Crippen MR) is 96.1 cm³/mol. The molecule has 0 saturated carbocycles. The van der Waals surface area contributed by atoms with E-state index in [1.807, 2.05) is 42.5 Å². The monoisotopic (exact) mass is 389 g/mol. The van der Waals surface area contributed by atoms with E-state index in [1.54, 1.807) is 0 Å². The lowest BCUT2D eigenvalue weighted by molar-refractivity contribution is -0.121. The Labute approximate surface area is 150 Å². The lowest BCUT2D eigenvalue weighted by Gasteiger charge is -2.13. The molecule has 0 fully saturated rings. The molecule has 0 aliphatic carbocycles. The Kier molecular flexibility index (Phi) is 5.53. The molecule has 1 amide bonds. The number of hydrogen-bond acceptors (Lipinski definition) is 3. The van der Waals surface area contributed by atoms with E-state index < -0.39 is 6.10 Å². The SMILES string of the molecule is O=C(CCc1ccccc1Br)NC[C@@H](O)c1ccc2c(c1)CCO2. The number of carbonyl (C=O) groups excluding carboxylic acids is 1. The molecular formula is C19H20BrNO3. The van der Waals surface area contributed by atoms with E-state index in [1.165, 1.54) is 0 Å². The summed E-state index contributed by atoms with van der Waals surface area (Å²) in [4.78, 5) is 12.0. The van der Waals surface area contributed by atoms with Gasteiger partial charge in [-0.25, -0.2) is 0 Å². The van der Waals surface area contributed by atoms with Gasteiger partial charge in [0.1, 0.15) is 5.75 Å². The predicted octanol–water partition coefficient (Wildman–Crippen LogP) is 3.17. The second-order valence-electron chi connectivity index (χ2n) is 5.88. The minimum Gasteiger partial charge on any atom is -0.493 e. The van der Waals surface area contributed by atoms with E-state index in [0.29, 0.717) is 19.4 Å². The van der Waals surface area contributed by atoms with Crippen LogP contribution in [-0.2, 0) is 17.6 Å². The molecule has 4 nitrogen and oxygen atoms in total. The smallest absolute Gasteiger partial charge is 0.220 e. The van der Waals surface area contributed by atoms with E-state index in [0.717, 1.165) is 33.3 Å². The molecule has 0 aromatic heterocycles. The number of rotatable bonds is 6. The van der Waals surface area contributed by atoms with Crippen LogP contribution in [0.3, 0.4) is 0 Å². The summed E-state index contributed by atoms with van der Waals surface area (Å²) in [5, 5.41) is 13.1. The van der Waals surface area contributed by atoms with Gasteiger partial charge in [0, 0.05) is 23.9 Å². The fourth-order valence-electron chi connectivity index (χ4n) is 2.78. The van der Waals surface area contributed by atoms with E-state index in [9.17, 15) is 9.90 Å². The molecule has 1 aliphatic rings. The summed E-state index contributed by atoms with van der Waals surface area (Å²) in [6.07, 6.45) is 1.23. The number of aliphatic hydroxyl groups is 1. The Bertz CT molecular complexity index is 732. The van der Waals surface area contributed by atoms with Crippen LogP contribution in [0.25, 0.3) is 0 Å². The first-order chi connectivity index (χ1) is 11.6. The number of halogens is 1. The van der Waals surface area contributed by atoms with Gasteiger partial charge in [-0.1, -0.05) is 40.2 Å². The molecule has 1 aliphatic heterocycles. The molecule has 1 heterocycles. The maximum atomic E-state index is 12.0. The zero-order valence-corrected chi connectivity index (χ0v) is 14.9. The maximum Gasteiger partial charge on any atom is 0.220 e. The first kappa shape index (κ1) is 17.0. The lowest BCUT2D eigenvalue weighted by Crippen LogP contribution is -2.28. The first-order valence-electron chi connectivity index (χ1n) is 8.07. The molecular weight excluding hydrogens is 370 g/mol. The summed E-state index contributed by atoms with van der Waals surface area (Å²) >= 11 is 3.48. The molecule has 5 heteroatoms. The second kappa shape index (κ2) is 7.81. The average Bonchev–Trinajstić information content (AvgIpc) is 3.06. The molecule has 0 saturated heterocycles. The highest BCUT2D eigenvalue weighted by atomic mass is 79.9. The molecule has 126 valence electrons. The number of aliphatic hydroxyl groups excluding tert-OH is 1. The zero-order chi connectivity index (χ0) is 16.9. The molecule has 2 aromatic rings. The van der Waals surface area contributed by atoms with Crippen molar-refractivity contribution < 1.29 is 14.6 Å². The number of hydrogen-bond donors (Lipinski definition) is 2. The Morgan fingerprint density at radius 2 is 2.12 bits per heavy atom. The van der Waals surface area contributed by atoms with Crippen LogP contribution >= 0.6 is 15.9 Å². The second-order valence-corrected chi connectivity index (χ2v) is 6.73. The van der Waals surface area contributed by atoms with Gasteiger partial charge in [-0.15, -0.1) is 0 Å². The summed E-state index contributed by atoms with van der Waals surface area (Å²) in [6, 6.07) is 13.6. The van der Waals surface area contributed by atoms with Crippen LogP contribution in [0.2, 0.25) is 0 Å². The van der Waals surface area contributed by atoms with Gasteiger partial charge in [-0.2, -0.15) is 0 Å². The topological polar surface area (TPSA) is 58.6 Å². The maximum absolute atomic E-state index is 12.0. The first-order valence-corrected chi connectivity index (χ1v) is 8.86. The van der Waals surface area contributed by atoms with Gasteiger partial charge < -0.3 is 15.2 Å². The highest BCUT2D eigenvalue weighted by molar-refractivity contribution is 9.10. The van der Waals surface area contributed by atoms with Gasteiger partial charge in [0.25, 0.3) is 0 Å². The van der Waals surface area contributed by atoms with Crippen molar-refractivity contribution in [2.75, 3.05) is 13.2 Å². The van der Waals surface area contributed by atoms with Crippen molar-refractivity contribution in [3.8, 4) is 5.75 Å². The van der Waals surface area contributed by atoms with Gasteiger partial charge in [0.15, 0.2) is 0 Å². The molecule has 0 bridgehead atoms. The Hall–Kier alpha value is -1.85. The van der Waals surface area contributed by atoms with Crippen LogP contribution in [0.5, 0.6) is 5.75 Å². The standard InChI is InChI=1S/C19H20BrNO3/c20-16-4-2-1-3-13(16)6-8-19(23)21-12-17(22)14-5-7-18-15(11-14)9-10-24-18/h1-5,7,11,17,22H,6,8-10,12H2,(H,21,23)/t17-/m1/s1. The number of ether oxygens (including phenoxy) is 1. The Morgan fingerprint density at radius 1 is 1.29 bits per heavy atom. The fourth-order valence-corrected chi connectivity index (χ4v) is 3.26. The minimum absolute atomic E-state index is 0.0608. The van der Waals surface area contributed by atoms with Crippen LogP contribution in [0.4, 0.5) is 0 Å². The molecule has 0 unspecified atom stereocenters. The molecule has 0 radical (unpaired) electrons. The van der Waals surface area contributed by atoms with Gasteiger partial charge >= 0.3 is 0 Å². The largest absolute Gasteiger partial charge is 0.493 e. The highest BCUT2D eigenvalue weighted by Gasteiger charge is 2.16. The summed E-state index contributed by atoms with van der Waals surface area (Å²) < 4.78 is 6.47. The van der Waals surface area contributed by atoms with Crippen LogP contribution in [0.1, 0.15) is 29.2 Å². The minimum atomic E-state index is -0.705. The van der Waals surface area contributed by atoms with Gasteiger partial charge in [-0.3, -0.25) is 4.79 Å². The normalized spacial score (nSPS) is 13.9. The highest BCUT2D eigenvalue weighted by Crippen LogP contribution is 2.28. The van der Waals surface area contributed by atoms with Crippen molar-refractivity contribution >= 4 is 21.8 Å². The van der Waals surface area contributed by atoms with Crippen molar-refractivity contribution in [1.29, 1.82) is 0 Å². The quantitative estimate of drug-likeness (QED) is 0.797. The van der Waals surface area contributed by atoms with E-state index in [2.05, 4.69) is 21.2 Å². The van der Waals surface area contributed by atoms with E-state index >= 15 is 0 Å². The summed E-state index contributed by atoms with van der Waals surface area (Å²) in [5.41, 5.74) is 3.03. The molecule has 2 N–H and O–H groups in total. The van der Waals surface area contributed by atoms with Crippen LogP contribution in [0.15, 0.2) is 46.9 Å². The number of nitrogens with one attached hydrogen (secondary N) is 1. The molecule has 24 heavy (non-hydrogen) atoms. The summed E-state index contributed by atoms with van der Waals surface area (Å²) in [7, 11) is 0. The van der Waals surface area contributed by atoms with Crippen molar-refractivity contribution in [2.24, 2.45) is 0 Å². The van der Waals surface area contributed by atoms with Crippen molar-refractivity contribution in [3.05, 3.63) is 63.6 Å². The fraction of sp³-hybridized carbons (Fsp3) is 0.316. The molecule has 2 aromatic carbocycles. The van der Waals surface area contributed by atoms with Crippen molar-refractivity contribution in [3.63, 3.8) is 0 Å². The Balaban J connectivity index is 1.48. The lowest BCUT2D eigenvalue weighted by atomic mass is 10.0. The van der Waals surface area contributed by atoms with Gasteiger partial charge in [0.05, 0.1) is 12.7 Å². The number of carbonyl (C=O) groups is 1. The number of benzene rings is 2. The third kappa shape index (κ3) is 4.16. The molecule has 0 spiro atoms.